The Balaban J connectivity index is 0.000000351. The van der Waals surface area contributed by atoms with Crippen molar-refractivity contribution in [3.8, 4) is 0 Å². The molecule has 0 saturated heterocycles. The molecule has 0 aliphatic carbocycles. The van der Waals surface area contributed by atoms with Crippen LogP contribution < -0.4 is 5.32 Å². The van der Waals surface area contributed by atoms with Gasteiger partial charge in [0.1, 0.15) is 0 Å². The number of aromatic carboxylic acids is 1. The Morgan fingerprint density at radius 3 is 2.38 bits per heavy atom. The van der Waals surface area contributed by atoms with Gasteiger partial charge < -0.3 is 19.9 Å². The first-order valence-electron chi connectivity index (χ1n) is 6.64. The van der Waals surface area contributed by atoms with Crippen LogP contribution in [0.5, 0.6) is 0 Å². The summed E-state index contributed by atoms with van der Waals surface area (Å²) in [5.41, 5.74) is 0.522. The zero-order chi connectivity index (χ0) is 17.9. The third-order valence-corrected chi connectivity index (χ3v) is 2.49. The van der Waals surface area contributed by atoms with Crippen molar-refractivity contribution in [1.82, 2.24) is 0 Å². The molecule has 0 bridgehead atoms. The van der Waals surface area contributed by atoms with E-state index in [1.165, 1.54) is 36.6 Å². The van der Waals surface area contributed by atoms with Crippen LogP contribution in [0.3, 0.4) is 0 Å². The molecule has 0 aliphatic heterocycles. The molecule has 1 aromatic heterocycles. The monoisotopic (exact) mass is 329 g/mol. The van der Waals surface area contributed by atoms with E-state index in [0.29, 0.717) is 5.69 Å². The summed E-state index contributed by atoms with van der Waals surface area (Å²) in [5, 5.41) is 19.2. The Morgan fingerprint density at radius 1 is 1.12 bits per heavy atom. The highest BCUT2D eigenvalue weighted by Crippen LogP contribution is 2.12. The molecule has 2 aromatic rings. The van der Waals surface area contributed by atoms with Gasteiger partial charge in [0.2, 0.25) is 0 Å². The average Bonchev–Trinajstić information content (AvgIpc) is 3.08. The second-order valence-corrected chi connectivity index (χ2v) is 4.25. The number of hydrogen-bond donors (Lipinski definition) is 3. The highest BCUT2D eigenvalue weighted by Gasteiger charge is 2.09. The minimum Gasteiger partial charge on any atom is -0.478 e. The Labute approximate surface area is 137 Å². The topological polar surface area (TPSA) is 117 Å². The third-order valence-electron chi connectivity index (χ3n) is 2.49. The van der Waals surface area contributed by atoms with Crippen LogP contribution in [0.4, 0.5) is 5.69 Å². The SMILES string of the molecule is C=C/C=C/C(=O)O.O=C(O)c1cccc(NC(=O)c2ccco2)c1. The van der Waals surface area contributed by atoms with Gasteiger partial charge >= 0.3 is 11.9 Å². The summed E-state index contributed by atoms with van der Waals surface area (Å²) in [6.07, 6.45) is 5.19. The van der Waals surface area contributed by atoms with Crippen LogP contribution in [-0.2, 0) is 4.79 Å². The van der Waals surface area contributed by atoms with Crippen molar-refractivity contribution in [2.75, 3.05) is 5.32 Å². The quantitative estimate of drug-likeness (QED) is 0.573. The van der Waals surface area contributed by atoms with Gasteiger partial charge in [-0.3, -0.25) is 4.79 Å². The predicted octanol–water partition coefficient (Wildman–Crippen LogP) is 3.04. The number of aliphatic carboxylic acids is 1. The summed E-state index contributed by atoms with van der Waals surface area (Å²) < 4.78 is 4.92. The molecule has 1 heterocycles. The lowest BCUT2D eigenvalue weighted by atomic mass is 10.2. The first-order valence-corrected chi connectivity index (χ1v) is 6.64. The summed E-state index contributed by atoms with van der Waals surface area (Å²) >= 11 is 0. The van der Waals surface area contributed by atoms with Crippen molar-refractivity contribution in [3.63, 3.8) is 0 Å². The maximum atomic E-state index is 11.6. The minimum absolute atomic E-state index is 0.113. The molecule has 0 saturated carbocycles. The van der Waals surface area contributed by atoms with Crippen molar-refractivity contribution in [1.29, 1.82) is 0 Å². The van der Waals surface area contributed by atoms with E-state index in [-0.39, 0.29) is 11.3 Å². The molecule has 0 spiro atoms. The Kier molecular flexibility index (Phi) is 7.23. The van der Waals surface area contributed by atoms with Crippen LogP contribution in [0.2, 0.25) is 0 Å². The zero-order valence-corrected chi connectivity index (χ0v) is 12.5. The Bertz CT molecular complexity index is 746. The molecule has 1 aromatic carbocycles. The largest absolute Gasteiger partial charge is 0.478 e. The number of anilines is 1. The Hall–Kier alpha value is -3.61. The lowest BCUT2D eigenvalue weighted by Crippen LogP contribution is -2.11. The summed E-state index contributed by atoms with van der Waals surface area (Å²) in [5.74, 6) is -2.23. The van der Waals surface area contributed by atoms with Crippen LogP contribution in [0.15, 0.2) is 71.9 Å². The maximum absolute atomic E-state index is 11.6. The molecule has 0 atom stereocenters. The van der Waals surface area contributed by atoms with Gasteiger partial charge in [-0.1, -0.05) is 24.8 Å². The van der Waals surface area contributed by atoms with Gasteiger partial charge in [-0.15, -0.1) is 0 Å². The van der Waals surface area contributed by atoms with Crippen molar-refractivity contribution < 1.29 is 29.0 Å². The first-order chi connectivity index (χ1) is 11.4. The molecule has 3 N–H and O–H groups in total. The molecule has 24 heavy (non-hydrogen) atoms. The molecule has 0 unspecified atom stereocenters. The van der Waals surface area contributed by atoms with Gasteiger partial charge in [-0.25, -0.2) is 9.59 Å². The molecule has 1 amide bonds. The van der Waals surface area contributed by atoms with Crippen LogP contribution in [0.1, 0.15) is 20.9 Å². The number of amides is 1. The summed E-state index contributed by atoms with van der Waals surface area (Å²) in [6, 6.07) is 9.11. The molecule has 7 heteroatoms. The lowest BCUT2D eigenvalue weighted by molar-refractivity contribution is -0.131. The van der Waals surface area contributed by atoms with E-state index in [4.69, 9.17) is 14.6 Å². The summed E-state index contributed by atoms with van der Waals surface area (Å²) in [7, 11) is 0. The Morgan fingerprint density at radius 2 is 1.88 bits per heavy atom. The molecule has 0 aliphatic rings. The lowest BCUT2D eigenvalue weighted by Gasteiger charge is -2.03. The van der Waals surface area contributed by atoms with Gasteiger partial charge in [-0.05, 0) is 30.3 Å². The first kappa shape index (κ1) is 18.4. The van der Waals surface area contributed by atoms with E-state index < -0.39 is 17.8 Å². The highest BCUT2D eigenvalue weighted by atomic mass is 16.4. The van der Waals surface area contributed by atoms with E-state index >= 15 is 0 Å². The molecule has 0 radical (unpaired) electrons. The van der Waals surface area contributed by atoms with E-state index in [9.17, 15) is 14.4 Å². The van der Waals surface area contributed by atoms with Crippen LogP contribution >= 0.6 is 0 Å². The van der Waals surface area contributed by atoms with E-state index in [2.05, 4.69) is 11.9 Å². The number of carboxylic acid groups (broad SMARTS) is 2. The summed E-state index contributed by atoms with van der Waals surface area (Å²) in [4.78, 5) is 32.0. The van der Waals surface area contributed by atoms with Crippen LogP contribution in [0.25, 0.3) is 0 Å². The zero-order valence-electron chi connectivity index (χ0n) is 12.5. The van der Waals surface area contributed by atoms with E-state index in [1.807, 2.05) is 0 Å². The van der Waals surface area contributed by atoms with Crippen molar-refractivity contribution in [2.45, 2.75) is 0 Å². The standard InChI is InChI=1S/C12H9NO4.C5H6O2/c14-11(10-5-2-6-17-10)13-9-4-1-3-8(7-9)12(15)16;1-2-3-4-5(6)7/h1-7H,(H,13,14)(H,15,16);2-4H,1H2,(H,6,7)/b;4-3+. The number of furan rings is 1. The van der Waals surface area contributed by atoms with E-state index in [0.717, 1.165) is 6.08 Å². The smallest absolute Gasteiger partial charge is 0.335 e. The van der Waals surface area contributed by atoms with Crippen LogP contribution in [-0.4, -0.2) is 28.1 Å². The van der Waals surface area contributed by atoms with Gasteiger partial charge in [0.25, 0.3) is 5.91 Å². The molecular formula is C17H15NO6. The van der Waals surface area contributed by atoms with Gasteiger partial charge in [0.15, 0.2) is 5.76 Å². The summed E-state index contributed by atoms with van der Waals surface area (Å²) in [6.45, 7) is 3.28. The van der Waals surface area contributed by atoms with Crippen LogP contribution in [0, 0.1) is 0 Å². The second-order valence-electron chi connectivity index (χ2n) is 4.25. The number of benzene rings is 1. The third kappa shape index (κ3) is 6.44. The second kappa shape index (κ2) is 9.42. The van der Waals surface area contributed by atoms with Crippen molar-refractivity contribution in [3.05, 3.63) is 78.8 Å². The molecule has 2 rings (SSSR count). The van der Waals surface area contributed by atoms with Gasteiger partial charge in [-0.2, -0.15) is 0 Å². The highest BCUT2D eigenvalue weighted by molar-refractivity contribution is 6.02. The van der Waals surface area contributed by atoms with Crippen molar-refractivity contribution >= 4 is 23.5 Å². The fourth-order valence-electron chi connectivity index (χ4n) is 1.48. The molecule has 7 nitrogen and oxygen atoms in total. The van der Waals surface area contributed by atoms with E-state index in [1.54, 1.807) is 18.2 Å². The number of allylic oxidation sites excluding steroid dienone is 2. The van der Waals surface area contributed by atoms with Gasteiger partial charge in [0, 0.05) is 11.8 Å². The number of carboxylic acids is 2. The normalized spacial score (nSPS) is 9.67. The number of carbonyl (C=O) groups excluding carboxylic acids is 1. The average molecular weight is 329 g/mol. The molecular weight excluding hydrogens is 314 g/mol. The number of nitrogens with one attached hydrogen (secondary N) is 1. The number of hydrogen-bond acceptors (Lipinski definition) is 4. The fourth-order valence-corrected chi connectivity index (χ4v) is 1.48. The number of carbonyl (C=O) groups is 3. The van der Waals surface area contributed by atoms with Crippen molar-refractivity contribution in [2.24, 2.45) is 0 Å². The molecule has 124 valence electrons. The fraction of sp³-hybridized carbons (Fsp3) is 0. The molecule has 0 fully saturated rings. The predicted molar refractivity (Wildman–Crippen MR) is 87.0 cm³/mol. The minimum atomic E-state index is -1.04. The number of rotatable bonds is 5. The van der Waals surface area contributed by atoms with Gasteiger partial charge in [0.05, 0.1) is 11.8 Å². The maximum Gasteiger partial charge on any atom is 0.335 e.